The molecule has 0 spiro atoms. The van der Waals surface area contributed by atoms with E-state index in [0.29, 0.717) is 43.2 Å². The van der Waals surface area contributed by atoms with E-state index < -0.39 is 11.4 Å². The number of fused-ring (bicyclic) bond motifs is 1. The molecule has 0 aromatic heterocycles. The van der Waals surface area contributed by atoms with Crippen LogP contribution in [0.25, 0.3) is 0 Å². The summed E-state index contributed by atoms with van der Waals surface area (Å²) in [6.45, 7) is 5.78. The third kappa shape index (κ3) is 4.19. The van der Waals surface area contributed by atoms with Gasteiger partial charge in [0.2, 0.25) is 5.91 Å². The van der Waals surface area contributed by atoms with Gasteiger partial charge < -0.3 is 15.7 Å². The van der Waals surface area contributed by atoms with E-state index in [1.807, 2.05) is 18.7 Å². The lowest BCUT2D eigenvalue weighted by Gasteiger charge is -2.23. The van der Waals surface area contributed by atoms with Crippen molar-refractivity contribution in [1.82, 2.24) is 10.2 Å². The molecular formula is C21H29N3O4. The van der Waals surface area contributed by atoms with Crippen molar-refractivity contribution in [2.24, 2.45) is 17.3 Å². The Bertz CT molecular complexity index is 764. The number of carboxylic acids is 1. The molecule has 2 atom stereocenters. The zero-order valence-electron chi connectivity index (χ0n) is 16.5. The fraction of sp³-hybridized carbons (Fsp3) is 0.571. The van der Waals surface area contributed by atoms with E-state index in [-0.39, 0.29) is 24.3 Å². The van der Waals surface area contributed by atoms with E-state index in [0.717, 1.165) is 12.8 Å². The molecule has 7 nitrogen and oxygen atoms in total. The van der Waals surface area contributed by atoms with Crippen LogP contribution in [-0.4, -0.2) is 54.0 Å². The fourth-order valence-corrected chi connectivity index (χ4v) is 4.44. The predicted molar refractivity (Wildman–Crippen MR) is 106 cm³/mol. The lowest BCUT2D eigenvalue weighted by Crippen LogP contribution is -2.38. The molecular weight excluding hydrogens is 358 g/mol. The van der Waals surface area contributed by atoms with Crippen molar-refractivity contribution in [3.8, 4) is 0 Å². The second-order valence-corrected chi connectivity index (χ2v) is 8.42. The first kappa shape index (κ1) is 20.3. The zero-order valence-corrected chi connectivity index (χ0v) is 16.5. The first-order valence-corrected chi connectivity index (χ1v) is 9.94. The molecule has 2 amide bonds. The maximum absolute atomic E-state index is 12.6. The Labute approximate surface area is 165 Å². The maximum Gasteiger partial charge on any atom is 0.311 e. The van der Waals surface area contributed by atoms with E-state index in [1.54, 1.807) is 24.3 Å². The van der Waals surface area contributed by atoms with Gasteiger partial charge in [-0.2, -0.15) is 0 Å². The molecule has 0 bridgehead atoms. The minimum Gasteiger partial charge on any atom is -0.481 e. The standard InChI is InChI=1S/C21H29N3O4/c1-14(2)10-22-19(26)16-7-3-4-8-17(16)23-18(25)12-24-11-15-6-5-9-21(15,13-24)20(27)28/h3-4,7-8,14-15H,5-6,9-13H2,1-2H3,(H,22,26)(H,23,25)(H,27,28)/t15-,21+/m0/s1. The van der Waals surface area contributed by atoms with Crippen molar-refractivity contribution in [2.45, 2.75) is 33.1 Å². The van der Waals surface area contributed by atoms with Crippen LogP contribution >= 0.6 is 0 Å². The van der Waals surface area contributed by atoms with E-state index in [4.69, 9.17) is 0 Å². The lowest BCUT2D eigenvalue weighted by atomic mass is 9.81. The minimum absolute atomic E-state index is 0.117. The molecule has 7 heteroatoms. The van der Waals surface area contributed by atoms with Gasteiger partial charge in [-0.25, -0.2) is 0 Å². The van der Waals surface area contributed by atoms with Gasteiger partial charge in [0.05, 0.1) is 23.2 Å². The summed E-state index contributed by atoms with van der Waals surface area (Å²) in [5, 5.41) is 15.4. The monoisotopic (exact) mass is 387 g/mol. The average Bonchev–Trinajstić information content (AvgIpc) is 3.18. The van der Waals surface area contributed by atoms with Crippen LogP contribution in [0.1, 0.15) is 43.5 Å². The Morgan fingerprint density at radius 3 is 2.71 bits per heavy atom. The maximum atomic E-state index is 12.6. The van der Waals surface area contributed by atoms with Gasteiger partial charge in [0.1, 0.15) is 0 Å². The number of carbonyl (C=O) groups is 3. The van der Waals surface area contributed by atoms with Crippen LogP contribution in [-0.2, 0) is 9.59 Å². The molecule has 1 heterocycles. The summed E-state index contributed by atoms with van der Waals surface area (Å²) in [7, 11) is 0. The number of aliphatic carboxylic acids is 1. The van der Waals surface area contributed by atoms with Gasteiger partial charge in [-0.15, -0.1) is 0 Å². The van der Waals surface area contributed by atoms with E-state index in [2.05, 4.69) is 10.6 Å². The molecule has 0 unspecified atom stereocenters. The van der Waals surface area contributed by atoms with Crippen LogP contribution < -0.4 is 10.6 Å². The van der Waals surface area contributed by atoms with E-state index >= 15 is 0 Å². The lowest BCUT2D eigenvalue weighted by molar-refractivity contribution is -0.149. The number of para-hydroxylation sites is 1. The first-order valence-electron chi connectivity index (χ1n) is 9.94. The molecule has 3 N–H and O–H groups in total. The minimum atomic E-state index is -0.745. The number of nitrogens with one attached hydrogen (secondary N) is 2. The number of carbonyl (C=O) groups excluding carboxylic acids is 2. The van der Waals surface area contributed by atoms with Gasteiger partial charge in [0.25, 0.3) is 5.91 Å². The number of anilines is 1. The largest absolute Gasteiger partial charge is 0.481 e. The Hall–Kier alpha value is -2.41. The number of hydrogen-bond acceptors (Lipinski definition) is 4. The Morgan fingerprint density at radius 1 is 1.29 bits per heavy atom. The van der Waals surface area contributed by atoms with E-state index in [9.17, 15) is 19.5 Å². The van der Waals surface area contributed by atoms with Gasteiger partial charge in [-0.3, -0.25) is 19.3 Å². The summed E-state index contributed by atoms with van der Waals surface area (Å²) >= 11 is 0. The third-order valence-corrected chi connectivity index (χ3v) is 5.85. The Morgan fingerprint density at radius 2 is 2.04 bits per heavy atom. The Kier molecular flexibility index (Phi) is 6.03. The van der Waals surface area contributed by atoms with Crippen molar-refractivity contribution in [2.75, 3.05) is 31.5 Å². The molecule has 1 saturated heterocycles. The molecule has 1 aliphatic heterocycles. The van der Waals surface area contributed by atoms with Crippen LogP contribution in [0.3, 0.4) is 0 Å². The summed E-state index contributed by atoms with van der Waals surface area (Å²) in [6, 6.07) is 6.93. The fourth-order valence-electron chi connectivity index (χ4n) is 4.44. The highest BCUT2D eigenvalue weighted by Gasteiger charge is 2.54. The second-order valence-electron chi connectivity index (χ2n) is 8.42. The molecule has 2 fully saturated rings. The molecule has 1 aliphatic carbocycles. The molecule has 2 aliphatic rings. The first-order chi connectivity index (χ1) is 13.3. The molecule has 3 rings (SSSR count). The van der Waals surface area contributed by atoms with Crippen LogP contribution in [0.2, 0.25) is 0 Å². The summed E-state index contributed by atoms with van der Waals surface area (Å²) in [5.41, 5.74) is 0.201. The number of nitrogens with zero attached hydrogens (tertiary/aromatic N) is 1. The van der Waals surface area contributed by atoms with Crippen LogP contribution in [0, 0.1) is 17.3 Å². The summed E-state index contributed by atoms with van der Waals surface area (Å²) < 4.78 is 0. The van der Waals surface area contributed by atoms with Gasteiger partial charge in [0, 0.05) is 19.6 Å². The summed E-state index contributed by atoms with van der Waals surface area (Å²) in [6.07, 6.45) is 2.53. The van der Waals surface area contributed by atoms with Crippen molar-refractivity contribution in [3.63, 3.8) is 0 Å². The highest BCUT2D eigenvalue weighted by molar-refractivity contribution is 6.04. The van der Waals surface area contributed by atoms with E-state index in [1.165, 1.54) is 0 Å². The molecule has 1 aromatic carbocycles. The number of rotatable bonds is 7. The van der Waals surface area contributed by atoms with Crippen molar-refractivity contribution < 1.29 is 19.5 Å². The van der Waals surface area contributed by atoms with Gasteiger partial charge in [-0.05, 0) is 36.8 Å². The number of hydrogen-bond donors (Lipinski definition) is 3. The third-order valence-electron chi connectivity index (χ3n) is 5.85. The number of carboxylic acid groups (broad SMARTS) is 1. The number of likely N-dealkylation sites (tertiary alicyclic amines) is 1. The topological polar surface area (TPSA) is 98.7 Å². The van der Waals surface area contributed by atoms with Crippen molar-refractivity contribution in [1.29, 1.82) is 0 Å². The van der Waals surface area contributed by atoms with Gasteiger partial charge >= 0.3 is 5.97 Å². The van der Waals surface area contributed by atoms with Gasteiger partial charge in [0.15, 0.2) is 0 Å². The Balaban J connectivity index is 1.62. The van der Waals surface area contributed by atoms with Crippen LogP contribution in [0.5, 0.6) is 0 Å². The molecule has 152 valence electrons. The SMILES string of the molecule is CC(C)CNC(=O)c1ccccc1NC(=O)CN1C[C@@H]2CCC[C@@]2(C(=O)O)C1. The van der Waals surface area contributed by atoms with Gasteiger partial charge in [-0.1, -0.05) is 32.4 Å². The molecule has 0 radical (unpaired) electrons. The second kappa shape index (κ2) is 8.31. The quantitative estimate of drug-likeness (QED) is 0.666. The average molecular weight is 387 g/mol. The highest BCUT2D eigenvalue weighted by Crippen LogP contribution is 2.48. The molecule has 1 aromatic rings. The zero-order chi connectivity index (χ0) is 20.3. The number of amides is 2. The molecule has 28 heavy (non-hydrogen) atoms. The smallest absolute Gasteiger partial charge is 0.311 e. The summed E-state index contributed by atoms with van der Waals surface area (Å²) in [5.74, 6) is -0.742. The molecule has 1 saturated carbocycles. The van der Waals surface area contributed by atoms with Crippen LogP contribution in [0.4, 0.5) is 5.69 Å². The highest BCUT2D eigenvalue weighted by atomic mass is 16.4. The summed E-state index contributed by atoms with van der Waals surface area (Å²) in [4.78, 5) is 38.7. The predicted octanol–water partition coefficient (Wildman–Crippen LogP) is 2.20. The number of benzene rings is 1. The normalized spacial score (nSPS) is 24.2. The van der Waals surface area contributed by atoms with Crippen molar-refractivity contribution >= 4 is 23.5 Å². The van der Waals surface area contributed by atoms with Crippen LogP contribution in [0.15, 0.2) is 24.3 Å². The van der Waals surface area contributed by atoms with Crippen molar-refractivity contribution in [3.05, 3.63) is 29.8 Å².